The van der Waals surface area contributed by atoms with Crippen molar-refractivity contribution in [2.24, 2.45) is 5.92 Å². The van der Waals surface area contributed by atoms with Gasteiger partial charge in [0.25, 0.3) is 0 Å². The summed E-state index contributed by atoms with van der Waals surface area (Å²) in [5, 5.41) is 0.889. The Labute approximate surface area is 123 Å². The van der Waals surface area contributed by atoms with Crippen molar-refractivity contribution in [2.75, 3.05) is 19.8 Å². The van der Waals surface area contributed by atoms with E-state index in [0.717, 1.165) is 37.9 Å². The number of para-hydroxylation sites is 1. The van der Waals surface area contributed by atoms with Gasteiger partial charge < -0.3 is 13.9 Å². The van der Waals surface area contributed by atoms with Crippen LogP contribution in [-0.4, -0.2) is 19.8 Å². The Bertz CT molecular complexity index is 674. The second-order valence-corrected chi connectivity index (χ2v) is 5.41. The summed E-state index contributed by atoms with van der Waals surface area (Å²) in [5.41, 5.74) is 1.01. The van der Waals surface area contributed by atoms with E-state index in [1.165, 1.54) is 0 Å². The highest BCUT2D eigenvalue weighted by Gasteiger charge is 2.25. The van der Waals surface area contributed by atoms with Crippen LogP contribution < -0.4 is 10.4 Å². The van der Waals surface area contributed by atoms with Crippen LogP contribution in [0.5, 0.6) is 5.75 Å². The van der Waals surface area contributed by atoms with Crippen LogP contribution >= 0.6 is 0 Å². The smallest absolute Gasteiger partial charge is 0.343 e. The lowest BCUT2D eigenvalue weighted by Crippen LogP contribution is -2.26. The molecule has 4 heteroatoms. The molecule has 1 atom stereocenters. The Morgan fingerprint density at radius 1 is 1.33 bits per heavy atom. The molecule has 0 bridgehead atoms. The van der Waals surface area contributed by atoms with Gasteiger partial charge in [-0.1, -0.05) is 12.1 Å². The van der Waals surface area contributed by atoms with Crippen LogP contribution in [0.1, 0.15) is 25.3 Å². The molecule has 1 aromatic carbocycles. The Hall–Kier alpha value is -1.81. The maximum Gasteiger partial charge on any atom is 0.343 e. The monoisotopic (exact) mass is 288 g/mol. The summed E-state index contributed by atoms with van der Waals surface area (Å²) >= 11 is 0. The van der Waals surface area contributed by atoms with Gasteiger partial charge in [0.2, 0.25) is 0 Å². The molecular weight excluding hydrogens is 268 g/mol. The molecule has 1 unspecified atom stereocenters. The van der Waals surface area contributed by atoms with Crippen LogP contribution in [-0.2, 0) is 11.2 Å². The summed E-state index contributed by atoms with van der Waals surface area (Å²) < 4.78 is 16.6. The quantitative estimate of drug-likeness (QED) is 0.626. The summed E-state index contributed by atoms with van der Waals surface area (Å²) in [6.07, 6.45) is 2.73. The van der Waals surface area contributed by atoms with Crippen molar-refractivity contribution < 1.29 is 13.9 Å². The minimum atomic E-state index is -0.266. The zero-order valence-corrected chi connectivity index (χ0v) is 12.3. The van der Waals surface area contributed by atoms with E-state index >= 15 is 0 Å². The van der Waals surface area contributed by atoms with Crippen molar-refractivity contribution in [2.45, 2.75) is 26.2 Å². The predicted molar refractivity (Wildman–Crippen MR) is 80.9 cm³/mol. The van der Waals surface area contributed by atoms with Crippen molar-refractivity contribution in [1.82, 2.24) is 0 Å². The van der Waals surface area contributed by atoms with E-state index < -0.39 is 0 Å². The maximum atomic E-state index is 12.1. The van der Waals surface area contributed by atoms with E-state index in [2.05, 4.69) is 0 Å². The molecule has 0 saturated heterocycles. The number of fused-ring (bicyclic) bond motifs is 3. The number of rotatable bonds is 5. The third-order valence-electron chi connectivity index (χ3n) is 3.92. The number of benzene rings is 1. The van der Waals surface area contributed by atoms with Gasteiger partial charge in [0.15, 0.2) is 0 Å². The second kappa shape index (κ2) is 6.31. The fourth-order valence-electron chi connectivity index (χ4n) is 2.85. The van der Waals surface area contributed by atoms with Crippen LogP contribution in [0.2, 0.25) is 0 Å². The molecule has 0 saturated carbocycles. The van der Waals surface area contributed by atoms with Gasteiger partial charge in [-0.25, -0.2) is 4.79 Å². The number of hydrogen-bond acceptors (Lipinski definition) is 4. The maximum absolute atomic E-state index is 12.1. The van der Waals surface area contributed by atoms with E-state index in [9.17, 15) is 4.79 Å². The average Bonchev–Trinajstić information content (AvgIpc) is 2.52. The summed E-state index contributed by atoms with van der Waals surface area (Å²) in [6, 6.07) is 7.53. The topological polar surface area (TPSA) is 48.7 Å². The number of ether oxygens (including phenoxy) is 2. The normalized spacial score (nSPS) is 17.5. The van der Waals surface area contributed by atoms with Gasteiger partial charge in [-0.15, -0.1) is 0 Å². The largest absolute Gasteiger partial charge is 0.492 e. The SMILES string of the molecule is CCOCCCC1COc2c(c(=O)oc3ccccc23)C1. The molecule has 0 N–H and O–H groups in total. The van der Waals surface area contributed by atoms with Crippen molar-refractivity contribution in [3.05, 3.63) is 40.2 Å². The molecule has 0 spiro atoms. The highest BCUT2D eigenvalue weighted by Crippen LogP contribution is 2.33. The van der Waals surface area contributed by atoms with Crippen LogP contribution in [0.15, 0.2) is 33.5 Å². The minimum Gasteiger partial charge on any atom is -0.492 e. The molecule has 0 fully saturated rings. The first kappa shape index (κ1) is 14.1. The van der Waals surface area contributed by atoms with Crippen LogP contribution in [0.25, 0.3) is 11.0 Å². The van der Waals surface area contributed by atoms with Crippen LogP contribution in [0, 0.1) is 5.92 Å². The lowest BCUT2D eigenvalue weighted by atomic mass is 9.93. The zero-order chi connectivity index (χ0) is 14.7. The van der Waals surface area contributed by atoms with E-state index in [1.807, 2.05) is 25.1 Å². The van der Waals surface area contributed by atoms with Crippen LogP contribution in [0.4, 0.5) is 0 Å². The molecule has 21 heavy (non-hydrogen) atoms. The Morgan fingerprint density at radius 2 is 2.19 bits per heavy atom. The van der Waals surface area contributed by atoms with E-state index in [4.69, 9.17) is 13.9 Å². The third-order valence-corrected chi connectivity index (χ3v) is 3.92. The molecule has 3 rings (SSSR count). The lowest BCUT2D eigenvalue weighted by Gasteiger charge is -2.25. The molecule has 0 amide bonds. The van der Waals surface area contributed by atoms with Gasteiger partial charge in [-0.3, -0.25) is 0 Å². The van der Waals surface area contributed by atoms with Gasteiger partial charge >= 0.3 is 5.63 Å². The van der Waals surface area contributed by atoms with E-state index in [-0.39, 0.29) is 5.63 Å². The molecule has 1 aliphatic rings. The standard InChI is InChI=1S/C17H20O4/c1-2-19-9-5-6-12-10-14-16(20-11-12)13-7-3-4-8-15(13)21-17(14)18/h3-4,7-8,12H,2,5-6,9-11H2,1H3. The average molecular weight is 288 g/mol. The first-order valence-corrected chi connectivity index (χ1v) is 7.55. The fraction of sp³-hybridized carbons (Fsp3) is 0.471. The van der Waals surface area contributed by atoms with Crippen molar-refractivity contribution in [1.29, 1.82) is 0 Å². The predicted octanol–water partition coefficient (Wildman–Crippen LogP) is 3.16. The fourth-order valence-corrected chi connectivity index (χ4v) is 2.85. The van der Waals surface area contributed by atoms with Crippen LogP contribution in [0.3, 0.4) is 0 Å². The zero-order valence-electron chi connectivity index (χ0n) is 12.3. The molecule has 1 aliphatic heterocycles. The second-order valence-electron chi connectivity index (χ2n) is 5.41. The lowest BCUT2D eigenvalue weighted by molar-refractivity contribution is 0.131. The molecule has 0 radical (unpaired) electrons. The highest BCUT2D eigenvalue weighted by molar-refractivity contribution is 5.84. The highest BCUT2D eigenvalue weighted by atomic mass is 16.5. The number of hydrogen-bond donors (Lipinski definition) is 0. The molecular formula is C17H20O4. The van der Waals surface area contributed by atoms with Gasteiger partial charge in [0, 0.05) is 13.2 Å². The Kier molecular flexibility index (Phi) is 4.25. The first-order chi connectivity index (χ1) is 10.3. The van der Waals surface area contributed by atoms with Gasteiger partial charge in [0.1, 0.15) is 11.3 Å². The van der Waals surface area contributed by atoms with Gasteiger partial charge in [0.05, 0.1) is 17.6 Å². The molecule has 112 valence electrons. The first-order valence-electron chi connectivity index (χ1n) is 7.55. The summed E-state index contributed by atoms with van der Waals surface area (Å²) in [6.45, 7) is 4.18. The molecule has 4 nitrogen and oxygen atoms in total. The Morgan fingerprint density at radius 3 is 3.05 bits per heavy atom. The van der Waals surface area contributed by atoms with E-state index in [0.29, 0.717) is 29.4 Å². The van der Waals surface area contributed by atoms with Crippen molar-refractivity contribution in [3.8, 4) is 5.75 Å². The molecule has 1 aromatic heterocycles. The van der Waals surface area contributed by atoms with E-state index in [1.54, 1.807) is 6.07 Å². The molecule has 2 aromatic rings. The summed E-state index contributed by atoms with van der Waals surface area (Å²) in [5.74, 6) is 1.07. The third kappa shape index (κ3) is 2.95. The van der Waals surface area contributed by atoms with Crippen molar-refractivity contribution in [3.63, 3.8) is 0 Å². The summed E-state index contributed by atoms with van der Waals surface area (Å²) in [4.78, 5) is 12.1. The summed E-state index contributed by atoms with van der Waals surface area (Å²) in [7, 11) is 0. The van der Waals surface area contributed by atoms with Crippen molar-refractivity contribution >= 4 is 11.0 Å². The minimum absolute atomic E-state index is 0.266. The Balaban J connectivity index is 1.80. The van der Waals surface area contributed by atoms with Gasteiger partial charge in [-0.05, 0) is 44.2 Å². The molecule has 2 heterocycles. The molecule has 0 aliphatic carbocycles. The van der Waals surface area contributed by atoms with Gasteiger partial charge in [-0.2, -0.15) is 0 Å².